The summed E-state index contributed by atoms with van der Waals surface area (Å²) in [6.45, 7) is 6.30. The fourth-order valence-corrected chi connectivity index (χ4v) is 2.83. The van der Waals surface area contributed by atoms with Crippen LogP contribution in [-0.2, 0) is 0 Å². The number of hydrogen-bond donors (Lipinski definition) is 2. The van der Waals surface area contributed by atoms with Crippen molar-refractivity contribution in [1.29, 1.82) is 0 Å². The van der Waals surface area contributed by atoms with Crippen LogP contribution in [0.5, 0.6) is 11.5 Å². The van der Waals surface area contributed by atoms with E-state index in [1.807, 2.05) is 43.3 Å². The molecule has 0 fully saturated rings. The first-order chi connectivity index (χ1) is 13.5. The summed E-state index contributed by atoms with van der Waals surface area (Å²) >= 11 is 0. The van der Waals surface area contributed by atoms with Crippen molar-refractivity contribution in [2.45, 2.75) is 26.7 Å². The molecule has 3 aromatic rings. The number of aryl methyl sites for hydroxylation is 1. The van der Waals surface area contributed by atoms with Gasteiger partial charge < -0.3 is 20.1 Å². The molecular weight excluding hydrogens is 352 g/mol. The second kappa shape index (κ2) is 8.61. The SMILES string of the molecule is COc1ccc(Nc2cc(C)nc(Nc3ccc(C(C)C)cc3)n2)cc1OC. The van der Waals surface area contributed by atoms with Crippen molar-refractivity contribution in [3.05, 3.63) is 59.8 Å². The van der Waals surface area contributed by atoms with E-state index in [1.165, 1.54) is 5.56 Å². The van der Waals surface area contributed by atoms with Crippen LogP contribution < -0.4 is 20.1 Å². The monoisotopic (exact) mass is 378 g/mol. The van der Waals surface area contributed by atoms with E-state index in [0.29, 0.717) is 29.2 Å². The van der Waals surface area contributed by atoms with E-state index in [1.54, 1.807) is 14.2 Å². The standard InChI is InChI=1S/C22H26N4O2/c1-14(2)16-6-8-17(9-7-16)25-22-23-15(3)12-21(26-22)24-18-10-11-19(27-4)20(13-18)28-5/h6-14H,1-5H3,(H2,23,24,25,26). The molecule has 0 aliphatic carbocycles. The molecule has 1 aromatic heterocycles. The number of nitrogens with zero attached hydrogens (tertiary/aromatic N) is 2. The van der Waals surface area contributed by atoms with Gasteiger partial charge in [0.15, 0.2) is 11.5 Å². The second-order valence-electron chi connectivity index (χ2n) is 6.81. The lowest BCUT2D eigenvalue weighted by molar-refractivity contribution is 0.355. The topological polar surface area (TPSA) is 68.3 Å². The molecular formula is C22H26N4O2. The van der Waals surface area contributed by atoms with Gasteiger partial charge in [-0.15, -0.1) is 0 Å². The van der Waals surface area contributed by atoms with Crippen molar-refractivity contribution < 1.29 is 9.47 Å². The maximum atomic E-state index is 5.36. The van der Waals surface area contributed by atoms with Gasteiger partial charge in [-0.05, 0) is 42.7 Å². The lowest BCUT2D eigenvalue weighted by Gasteiger charge is -2.13. The van der Waals surface area contributed by atoms with Gasteiger partial charge in [-0.3, -0.25) is 0 Å². The number of nitrogens with one attached hydrogen (secondary N) is 2. The normalized spacial score (nSPS) is 10.6. The van der Waals surface area contributed by atoms with Crippen LogP contribution in [0.2, 0.25) is 0 Å². The number of aromatic nitrogens is 2. The molecule has 3 rings (SSSR count). The molecule has 6 nitrogen and oxygen atoms in total. The number of hydrogen-bond acceptors (Lipinski definition) is 6. The lowest BCUT2D eigenvalue weighted by Crippen LogP contribution is -2.03. The van der Waals surface area contributed by atoms with Crippen molar-refractivity contribution in [3.63, 3.8) is 0 Å². The first-order valence-corrected chi connectivity index (χ1v) is 9.20. The van der Waals surface area contributed by atoms with Gasteiger partial charge in [-0.25, -0.2) is 4.98 Å². The molecule has 0 bridgehead atoms. The highest BCUT2D eigenvalue weighted by molar-refractivity contribution is 5.63. The third kappa shape index (κ3) is 4.71. The third-order valence-corrected chi connectivity index (χ3v) is 4.34. The predicted molar refractivity (Wildman–Crippen MR) is 113 cm³/mol. The maximum absolute atomic E-state index is 5.36. The second-order valence-corrected chi connectivity index (χ2v) is 6.81. The van der Waals surface area contributed by atoms with E-state index >= 15 is 0 Å². The maximum Gasteiger partial charge on any atom is 0.229 e. The molecule has 0 radical (unpaired) electrons. The Labute approximate surface area is 166 Å². The number of ether oxygens (including phenoxy) is 2. The number of methoxy groups -OCH3 is 2. The first kappa shape index (κ1) is 19.5. The zero-order valence-corrected chi connectivity index (χ0v) is 16.9. The van der Waals surface area contributed by atoms with Crippen molar-refractivity contribution in [1.82, 2.24) is 9.97 Å². The Morgan fingerprint density at radius 2 is 1.46 bits per heavy atom. The van der Waals surface area contributed by atoms with E-state index in [9.17, 15) is 0 Å². The van der Waals surface area contributed by atoms with Gasteiger partial charge in [0, 0.05) is 29.2 Å². The van der Waals surface area contributed by atoms with Crippen molar-refractivity contribution >= 4 is 23.1 Å². The molecule has 0 aliphatic rings. The minimum Gasteiger partial charge on any atom is -0.493 e. The zero-order valence-electron chi connectivity index (χ0n) is 16.9. The quantitative estimate of drug-likeness (QED) is 0.573. The Bertz CT molecular complexity index is 940. The van der Waals surface area contributed by atoms with Crippen molar-refractivity contribution in [3.8, 4) is 11.5 Å². The zero-order chi connectivity index (χ0) is 20.1. The van der Waals surface area contributed by atoms with Gasteiger partial charge in [0.25, 0.3) is 0 Å². The van der Waals surface area contributed by atoms with E-state index in [0.717, 1.165) is 17.1 Å². The minimum absolute atomic E-state index is 0.501. The highest BCUT2D eigenvalue weighted by Gasteiger charge is 2.08. The van der Waals surface area contributed by atoms with Crippen LogP contribution >= 0.6 is 0 Å². The average Bonchev–Trinajstić information content (AvgIpc) is 2.67. The lowest BCUT2D eigenvalue weighted by atomic mass is 10.0. The Morgan fingerprint density at radius 3 is 2.11 bits per heavy atom. The fourth-order valence-electron chi connectivity index (χ4n) is 2.83. The molecule has 0 atom stereocenters. The summed E-state index contributed by atoms with van der Waals surface area (Å²) in [5, 5.41) is 6.57. The van der Waals surface area contributed by atoms with Gasteiger partial charge >= 0.3 is 0 Å². The van der Waals surface area contributed by atoms with Gasteiger partial charge in [0.2, 0.25) is 5.95 Å². The Morgan fingerprint density at radius 1 is 0.786 bits per heavy atom. The smallest absolute Gasteiger partial charge is 0.229 e. The van der Waals surface area contributed by atoms with E-state index in [2.05, 4.69) is 46.6 Å². The van der Waals surface area contributed by atoms with E-state index in [-0.39, 0.29) is 0 Å². The van der Waals surface area contributed by atoms with Gasteiger partial charge in [0.05, 0.1) is 14.2 Å². The molecule has 2 aromatic carbocycles. The Hall–Kier alpha value is -3.28. The summed E-state index contributed by atoms with van der Waals surface area (Å²) in [6.07, 6.45) is 0. The highest BCUT2D eigenvalue weighted by atomic mass is 16.5. The highest BCUT2D eigenvalue weighted by Crippen LogP contribution is 2.31. The molecule has 0 saturated heterocycles. The molecule has 0 unspecified atom stereocenters. The molecule has 0 spiro atoms. The third-order valence-electron chi connectivity index (χ3n) is 4.34. The fraction of sp³-hybridized carbons (Fsp3) is 0.273. The largest absolute Gasteiger partial charge is 0.493 e. The first-order valence-electron chi connectivity index (χ1n) is 9.20. The summed E-state index contributed by atoms with van der Waals surface area (Å²) in [5.41, 5.74) is 3.96. The van der Waals surface area contributed by atoms with Crippen LogP contribution in [0.4, 0.5) is 23.1 Å². The summed E-state index contributed by atoms with van der Waals surface area (Å²) < 4.78 is 10.6. The molecule has 1 heterocycles. The molecule has 6 heteroatoms. The van der Waals surface area contributed by atoms with Crippen LogP contribution in [0.1, 0.15) is 31.0 Å². The van der Waals surface area contributed by atoms with Crippen LogP contribution in [0.25, 0.3) is 0 Å². The van der Waals surface area contributed by atoms with E-state index in [4.69, 9.17) is 9.47 Å². The molecule has 146 valence electrons. The van der Waals surface area contributed by atoms with Crippen LogP contribution in [0.15, 0.2) is 48.5 Å². The number of rotatable bonds is 7. The van der Waals surface area contributed by atoms with Crippen LogP contribution in [-0.4, -0.2) is 24.2 Å². The predicted octanol–water partition coefficient (Wildman–Crippen LogP) is 5.41. The summed E-state index contributed by atoms with van der Waals surface area (Å²) in [6, 6.07) is 15.8. The van der Waals surface area contributed by atoms with Gasteiger partial charge in [-0.1, -0.05) is 26.0 Å². The van der Waals surface area contributed by atoms with Gasteiger partial charge in [0.1, 0.15) is 5.82 Å². The van der Waals surface area contributed by atoms with Crippen molar-refractivity contribution in [2.75, 3.05) is 24.9 Å². The van der Waals surface area contributed by atoms with Crippen molar-refractivity contribution in [2.24, 2.45) is 0 Å². The Balaban J connectivity index is 1.79. The summed E-state index contributed by atoms with van der Waals surface area (Å²) in [4.78, 5) is 9.06. The number of benzene rings is 2. The van der Waals surface area contributed by atoms with Crippen LogP contribution in [0.3, 0.4) is 0 Å². The van der Waals surface area contributed by atoms with Gasteiger partial charge in [-0.2, -0.15) is 4.98 Å². The molecule has 0 saturated carbocycles. The minimum atomic E-state index is 0.501. The molecule has 2 N–H and O–H groups in total. The van der Waals surface area contributed by atoms with E-state index < -0.39 is 0 Å². The average molecular weight is 378 g/mol. The summed E-state index contributed by atoms with van der Waals surface area (Å²) in [5.74, 6) is 3.07. The molecule has 28 heavy (non-hydrogen) atoms. The molecule has 0 amide bonds. The Kier molecular flexibility index (Phi) is 5.99. The number of anilines is 4. The molecule has 0 aliphatic heterocycles. The summed E-state index contributed by atoms with van der Waals surface area (Å²) in [7, 11) is 3.23. The van der Waals surface area contributed by atoms with Crippen LogP contribution in [0, 0.1) is 6.92 Å².